The van der Waals surface area contributed by atoms with Gasteiger partial charge in [-0.3, -0.25) is 14.5 Å². The maximum Gasteiger partial charge on any atom is 0.303 e. The number of rotatable bonds is 12. The zero-order valence-corrected chi connectivity index (χ0v) is 30.5. The van der Waals surface area contributed by atoms with E-state index in [2.05, 4.69) is 85.7 Å². The molecule has 6 atom stereocenters. The Morgan fingerprint density at radius 3 is 2.25 bits per heavy atom. The molecule has 0 saturated carbocycles. The zero-order chi connectivity index (χ0) is 36.8. The second kappa shape index (κ2) is 16.7. The lowest BCUT2D eigenvalue weighted by Gasteiger charge is -2.43. The summed E-state index contributed by atoms with van der Waals surface area (Å²) in [7, 11) is 2.15. The molecule has 5 aromatic carbocycles. The van der Waals surface area contributed by atoms with Crippen LogP contribution in [0, 0.1) is 5.92 Å². The smallest absolute Gasteiger partial charge is 0.303 e. The van der Waals surface area contributed by atoms with Gasteiger partial charge in [0, 0.05) is 37.5 Å². The number of amides is 1. The molecule has 8 heteroatoms. The number of hydrogen-bond acceptors (Lipinski definition) is 7. The summed E-state index contributed by atoms with van der Waals surface area (Å²) in [4.78, 5) is 26.0. The van der Waals surface area contributed by atoms with Crippen LogP contribution in [-0.2, 0) is 37.0 Å². The van der Waals surface area contributed by atoms with E-state index in [9.17, 15) is 14.7 Å². The largest absolute Gasteiger partial charge is 0.453 e. The van der Waals surface area contributed by atoms with Gasteiger partial charge in [0.05, 0.1) is 18.8 Å². The molecule has 0 spiro atoms. The molecule has 1 fully saturated rings. The number of carbonyl (C=O) groups excluding carboxylic acids is 2. The van der Waals surface area contributed by atoms with Crippen LogP contribution in [0.3, 0.4) is 0 Å². The summed E-state index contributed by atoms with van der Waals surface area (Å²) in [6.07, 6.45) is -1.85. The Kier molecular flexibility index (Phi) is 11.8. The molecule has 270 valence electrons. The van der Waals surface area contributed by atoms with Crippen molar-refractivity contribution in [2.75, 3.05) is 13.6 Å². The van der Waals surface area contributed by atoms with Crippen molar-refractivity contribution in [1.29, 1.82) is 0 Å². The van der Waals surface area contributed by atoms with Gasteiger partial charge in [-0.1, -0.05) is 104 Å². The number of esters is 1. The summed E-state index contributed by atoms with van der Waals surface area (Å²) >= 11 is 0. The quantitative estimate of drug-likeness (QED) is 0.127. The van der Waals surface area contributed by atoms with Gasteiger partial charge in [-0.15, -0.1) is 0 Å². The van der Waals surface area contributed by atoms with Crippen LogP contribution in [0.15, 0.2) is 115 Å². The molecule has 6 unspecified atom stereocenters. The van der Waals surface area contributed by atoms with E-state index in [0.29, 0.717) is 13.1 Å². The Morgan fingerprint density at radius 2 is 1.52 bits per heavy atom. The SMILES string of the molecule is CC(=O)OC(C)C(=O)NCc1cccc(-c2cccc(C3OC(CN(C)C(C)c4ccc5ccccc5c4)C(C)C(c4ccc(CO)cc4)O3)c2)c1. The second-order valence-corrected chi connectivity index (χ2v) is 13.8. The average molecular weight is 701 g/mol. The van der Waals surface area contributed by atoms with Gasteiger partial charge in [-0.2, -0.15) is 0 Å². The molecular weight excluding hydrogens is 652 g/mol. The van der Waals surface area contributed by atoms with Crippen LogP contribution < -0.4 is 5.32 Å². The summed E-state index contributed by atoms with van der Waals surface area (Å²) in [6, 6.07) is 39.5. The van der Waals surface area contributed by atoms with Crippen molar-refractivity contribution in [3.63, 3.8) is 0 Å². The number of nitrogens with zero attached hydrogens (tertiary/aromatic N) is 1. The molecule has 0 aliphatic carbocycles. The minimum atomic E-state index is -0.863. The van der Waals surface area contributed by atoms with Crippen LogP contribution in [0.25, 0.3) is 21.9 Å². The summed E-state index contributed by atoms with van der Waals surface area (Å²) in [5.74, 6) is -0.804. The van der Waals surface area contributed by atoms with E-state index in [1.165, 1.54) is 23.3 Å². The first kappa shape index (κ1) is 36.9. The van der Waals surface area contributed by atoms with E-state index in [1.807, 2.05) is 60.7 Å². The van der Waals surface area contributed by atoms with Crippen LogP contribution in [0.1, 0.15) is 73.9 Å². The van der Waals surface area contributed by atoms with E-state index in [0.717, 1.165) is 33.4 Å². The topological polar surface area (TPSA) is 97.3 Å². The molecule has 1 amide bonds. The van der Waals surface area contributed by atoms with Gasteiger partial charge in [0.25, 0.3) is 5.91 Å². The average Bonchev–Trinajstić information content (AvgIpc) is 3.17. The second-order valence-electron chi connectivity index (χ2n) is 13.8. The van der Waals surface area contributed by atoms with Gasteiger partial charge in [0.2, 0.25) is 0 Å². The number of ether oxygens (including phenoxy) is 3. The molecular formula is C44H48N2O6. The predicted molar refractivity (Wildman–Crippen MR) is 203 cm³/mol. The van der Waals surface area contributed by atoms with Crippen molar-refractivity contribution < 1.29 is 28.9 Å². The van der Waals surface area contributed by atoms with Gasteiger partial charge in [-0.25, -0.2) is 0 Å². The fraction of sp³-hybridized carbons (Fsp3) is 0.318. The van der Waals surface area contributed by atoms with Gasteiger partial charge in [-0.05, 0) is 83.2 Å². The van der Waals surface area contributed by atoms with Crippen molar-refractivity contribution in [3.05, 3.63) is 143 Å². The molecule has 2 N–H and O–H groups in total. The number of aliphatic hydroxyl groups excluding tert-OH is 1. The lowest BCUT2D eigenvalue weighted by Crippen LogP contribution is -2.44. The number of carbonyl (C=O) groups is 2. The molecule has 6 rings (SSSR count). The van der Waals surface area contributed by atoms with Crippen LogP contribution >= 0.6 is 0 Å². The number of nitrogens with one attached hydrogen (secondary N) is 1. The lowest BCUT2D eigenvalue weighted by molar-refractivity contribution is -0.276. The van der Waals surface area contributed by atoms with Gasteiger partial charge < -0.3 is 24.6 Å². The minimum absolute atomic E-state index is 0.0130. The summed E-state index contributed by atoms with van der Waals surface area (Å²) < 4.78 is 18.6. The monoisotopic (exact) mass is 700 g/mol. The number of aliphatic hydroxyl groups is 1. The van der Waals surface area contributed by atoms with Crippen LogP contribution in [-0.4, -0.2) is 47.7 Å². The molecule has 52 heavy (non-hydrogen) atoms. The third-order valence-corrected chi connectivity index (χ3v) is 10.1. The molecule has 1 aliphatic heterocycles. The molecule has 0 radical (unpaired) electrons. The van der Waals surface area contributed by atoms with E-state index in [-0.39, 0.29) is 36.7 Å². The van der Waals surface area contributed by atoms with E-state index < -0.39 is 18.4 Å². The van der Waals surface area contributed by atoms with E-state index in [4.69, 9.17) is 14.2 Å². The van der Waals surface area contributed by atoms with Crippen molar-refractivity contribution in [1.82, 2.24) is 10.2 Å². The number of fused-ring (bicyclic) bond motifs is 1. The summed E-state index contributed by atoms with van der Waals surface area (Å²) in [6.45, 7) is 8.25. The Labute approximate surface area is 306 Å². The summed E-state index contributed by atoms with van der Waals surface area (Å²) in [5, 5.41) is 15.0. The standard InChI is InChI=1S/C44H48N2O6/c1-28-41(26-46(5)29(2)36-21-20-34-11-6-7-12-38(34)23-36)51-44(52-42(28)35-18-16-32(27-47)17-19-35)40-15-9-14-39(24-40)37-13-8-10-33(22-37)25-45-43(49)30(3)50-31(4)48/h6-24,28-30,41-42,44,47H,25-27H2,1-5H3,(H,45,49). The maximum absolute atomic E-state index is 12.4. The fourth-order valence-electron chi connectivity index (χ4n) is 6.85. The van der Waals surface area contributed by atoms with Gasteiger partial charge >= 0.3 is 5.97 Å². The predicted octanol–water partition coefficient (Wildman–Crippen LogP) is 8.05. The fourth-order valence-corrected chi connectivity index (χ4v) is 6.85. The molecule has 1 saturated heterocycles. The van der Waals surface area contributed by atoms with Crippen LogP contribution in [0.5, 0.6) is 0 Å². The highest BCUT2D eigenvalue weighted by Gasteiger charge is 2.39. The molecule has 0 aromatic heterocycles. The maximum atomic E-state index is 12.4. The number of hydrogen-bond donors (Lipinski definition) is 2. The zero-order valence-electron chi connectivity index (χ0n) is 30.5. The van der Waals surface area contributed by atoms with Crippen LogP contribution in [0.2, 0.25) is 0 Å². The highest BCUT2D eigenvalue weighted by Crippen LogP contribution is 2.43. The van der Waals surface area contributed by atoms with Gasteiger partial charge in [0.1, 0.15) is 0 Å². The third-order valence-electron chi connectivity index (χ3n) is 10.1. The van der Waals surface area contributed by atoms with Crippen LogP contribution in [0.4, 0.5) is 0 Å². The van der Waals surface area contributed by atoms with Crippen molar-refractivity contribution in [2.45, 2.75) is 71.5 Å². The molecule has 8 nitrogen and oxygen atoms in total. The Hall–Kier alpha value is -4.86. The summed E-state index contributed by atoms with van der Waals surface area (Å²) in [5.41, 5.74) is 6.96. The van der Waals surface area contributed by atoms with Crippen molar-refractivity contribution in [3.8, 4) is 11.1 Å². The molecule has 0 bridgehead atoms. The van der Waals surface area contributed by atoms with Crippen molar-refractivity contribution in [2.24, 2.45) is 5.92 Å². The third kappa shape index (κ3) is 8.77. The first-order chi connectivity index (χ1) is 25.1. The first-order valence-corrected chi connectivity index (χ1v) is 17.9. The normalized spacial score (nSPS) is 20.0. The Balaban J connectivity index is 1.23. The lowest BCUT2D eigenvalue weighted by atomic mass is 9.89. The van der Waals surface area contributed by atoms with Crippen molar-refractivity contribution >= 4 is 22.6 Å². The van der Waals surface area contributed by atoms with E-state index in [1.54, 1.807) is 6.92 Å². The number of benzene rings is 5. The molecule has 1 aliphatic rings. The molecule has 5 aromatic rings. The number of likely N-dealkylation sites (N-methyl/N-ethyl adjacent to an activating group) is 1. The first-order valence-electron chi connectivity index (χ1n) is 17.9. The molecule has 1 heterocycles. The Bertz CT molecular complexity index is 2000. The van der Waals surface area contributed by atoms with Gasteiger partial charge in [0.15, 0.2) is 12.4 Å². The minimum Gasteiger partial charge on any atom is -0.453 e. The highest BCUT2D eigenvalue weighted by atomic mass is 16.7. The Morgan fingerprint density at radius 1 is 0.808 bits per heavy atom. The highest BCUT2D eigenvalue weighted by molar-refractivity contribution is 5.83. The van der Waals surface area contributed by atoms with E-state index >= 15 is 0 Å².